The zero-order chi connectivity index (χ0) is 15.5. The molecule has 0 radical (unpaired) electrons. The van der Waals surface area contributed by atoms with Gasteiger partial charge in [-0.15, -0.1) is 0 Å². The smallest absolute Gasteiger partial charge is 0.189 e. The number of hydrogen-bond acceptors (Lipinski definition) is 6. The Morgan fingerprint density at radius 3 is 2.91 bits per heavy atom. The van der Waals surface area contributed by atoms with Crippen molar-refractivity contribution in [1.29, 1.82) is 0 Å². The summed E-state index contributed by atoms with van der Waals surface area (Å²) in [5, 5.41) is 0.662. The molecule has 116 valence electrons. The van der Waals surface area contributed by atoms with Gasteiger partial charge in [0.25, 0.3) is 0 Å². The lowest BCUT2D eigenvalue weighted by molar-refractivity contribution is 0.0984. The number of pyridine rings is 1. The highest BCUT2D eigenvalue weighted by atomic mass is 32.2. The van der Waals surface area contributed by atoms with Gasteiger partial charge in [-0.05, 0) is 19.2 Å². The Bertz CT molecular complexity index is 670. The van der Waals surface area contributed by atoms with Crippen molar-refractivity contribution in [3.05, 3.63) is 30.3 Å². The van der Waals surface area contributed by atoms with E-state index in [1.165, 1.54) is 24.0 Å². The number of anilines is 1. The van der Waals surface area contributed by atoms with Crippen LogP contribution in [0.15, 0.2) is 29.7 Å². The van der Waals surface area contributed by atoms with Crippen LogP contribution < -0.4 is 4.90 Å². The third-order valence-electron chi connectivity index (χ3n) is 3.54. The molecule has 0 unspecified atom stereocenters. The van der Waals surface area contributed by atoms with Gasteiger partial charge in [0, 0.05) is 24.4 Å². The quantitative estimate of drug-likeness (QED) is 0.640. The largest absolute Gasteiger partial charge is 0.377 e. The predicted molar refractivity (Wildman–Crippen MR) is 84.6 cm³/mol. The second-order valence-electron chi connectivity index (χ2n) is 5.11. The fourth-order valence-corrected chi connectivity index (χ4v) is 2.79. The highest BCUT2D eigenvalue weighted by molar-refractivity contribution is 7.98. The summed E-state index contributed by atoms with van der Waals surface area (Å²) in [7, 11) is 0. The molecule has 5 nitrogen and oxygen atoms in total. The number of hydrogen-bond donors (Lipinski definition) is 0. The second kappa shape index (κ2) is 6.58. The van der Waals surface area contributed by atoms with Gasteiger partial charge < -0.3 is 9.64 Å². The van der Waals surface area contributed by atoms with Gasteiger partial charge in [0.05, 0.1) is 31.1 Å². The van der Waals surface area contributed by atoms with Gasteiger partial charge >= 0.3 is 0 Å². The van der Waals surface area contributed by atoms with Gasteiger partial charge in [-0.1, -0.05) is 11.8 Å². The molecule has 2 aromatic rings. The van der Waals surface area contributed by atoms with Crippen molar-refractivity contribution in [2.75, 3.05) is 30.9 Å². The minimum absolute atomic E-state index is 0.247. The monoisotopic (exact) mass is 320 g/mol. The molecule has 1 aliphatic heterocycles. The molecule has 0 N–H and O–H groups in total. The highest BCUT2D eigenvalue weighted by Crippen LogP contribution is 2.26. The molecule has 2 aromatic heterocycles. The number of nitrogens with zero attached hydrogens (tertiary/aromatic N) is 4. The van der Waals surface area contributed by atoms with Gasteiger partial charge in [0.2, 0.25) is 0 Å². The number of aromatic nitrogens is 3. The van der Waals surface area contributed by atoms with Crippen LogP contribution in [0.25, 0.3) is 11.3 Å². The standard InChI is InChI=1S/C15H17FN4OS/c1-10-9-21-4-3-20(10)14-6-13(18-15(19-14)22-2)11-5-12(16)8-17-7-11/h5-8,10H,3-4,9H2,1-2H3/t10-/m0/s1. The summed E-state index contributed by atoms with van der Waals surface area (Å²) in [6.07, 6.45) is 4.72. The van der Waals surface area contributed by atoms with Crippen LogP contribution in [0.1, 0.15) is 6.92 Å². The van der Waals surface area contributed by atoms with Crippen LogP contribution in [0.2, 0.25) is 0 Å². The molecule has 7 heteroatoms. The number of thioether (sulfide) groups is 1. The van der Waals surface area contributed by atoms with E-state index in [4.69, 9.17) is 4.74 Å². The maximum atomic E-state index is 13.4. The van der Waals surface area contributed by atoms with Crippen molar-refractivity contribution in [1.82, 2.24) is 15.0 Å². The van der Waals surface area contributed by atoms with E-state index in [1.807, 2.05) is 12.3 Å². The summed E-state index contributed by atoms with van der Waals surface area (Å²) in [4.78, 5) is 15.1. The van der Waals surface area contributed by atoms with Gasteiger partial charge in [-0.3, -0.25) is 4.98 Å². The summed E-state index contributed by atoms with van der Waals surface area (Å²) in [5.74, 6) is 0.470. The summed E-state index contributed by atoms with van der Waals surface area (Å²) < 4.78 is 18.9. The maximum absolute atomic E-state index is 13.4. The van der Waals surface area contributed by atoms with E-state index in [0.717, 1.165) is 12.4 Å². The zero-order valence-corrected chi connectivity index (χ0v) is 13.3. The maximum Gasteiger partial charge on any atom is 0.189 e. The third-order valence-corrected chi connectivity index (χ3v) is 4.08. The van der Waals surface area contributed by atoms with E-state index in [9.17, 15) is 4.39 Å². The first-order chi connectivity index (χ1) is 10.7. The first kappa shape index (κ1) is 15.2. The zero-order valence-electron chi connectivity index (χ0n) is 12.5. The number of morpholine rings is 1. The van der Waals surface area contributed by atoms with E-state index in [2.05, 4.69) is 26.8 Å². The molecule has 1 fully saturated rings. The highest BCUT2D eigenvalue weighted by Gasteiger charge is 2.21. The topological polar surface area (TPSA) is 51.1 Å². The van der Waals surface area contributed by atoms with Crippen LogP contribution in [-0.4, -0.2) is 47.0 Å². The Hall–Kier alpha value is -1.73. The van der Waals surface area contributed by atoms with E-state index >= 15 is 0 Å². The molecular weight excluding hydrogens is 303 g/mol. The summed E-state index contributed by atoms with van der Waals surface area (Å²) in [5.41, 5.74) is 1.33. The van der Waals surface area contributed by atoms with Crippen LogP contribution >= 0.6 is 11.8 Å². The molecule has 1 atom stereocenters. The van der Waals surface area contributed by atoms with Gasteiger partial charge in [0.15, 0.2) is 5.16 Å². The van der Waals surface area contributed by atoms with Gasteiger partial charge in [-0.25, -0.2) is 14.4 Å². The first-order valence-electron chi connectivity index (χ1n) is 7.06. The Labute approximate surface area is 132 Å². The van der Waals surface area contributed by atoms with Gasteiger partial charge in [-0.2, -0.15) is 0 Å². The minimum Gasteiger partial charge on any atom is -0.377 e. The summed E-state index contributed by atoms with van der Waals surface area (Å²) in [6.45, 7) is 4.24. The van der Waals surface area contributed by atoms with Crippen LogP contribution in [0, 0.1) is 5.82 Å². The average molecular weight is 320 g/mol. The SMILES string of the molecule is CSc1nc(-c2cncc(F)c2)cc(N2CCOC[C@@H]2C)n1. The molecule has 0 aliphatic carbocycles. The second-order valence-corrected chi connectivity index (χ2v) is 5.88. The fourth-order valence-electron chi connectivity index (χ4n) is 2.42. The third kappa shape index (κ3) is 3.20. The molecule has 3 rings (SSSR count). The summed E-state index contributed by atoms with van der Waals surface area (Å²) in [6, 6.07) is 3.57. The normalized spacial score (nSPS) is 18.5. The van der Waals surface area contributed by atoms with Crippen LogP contribution in [0.3, 0.4) is 0 Å². The van der Waals surface area contributed by atoms with Crippen molar-refractivity contribution < 1.29 is 9.13 Å². The van der Waals surface area contributed by atoms with E-state index < -0.39 is 0 Å². The Morgan fingerprint density at radius 1 is 1.32 bits per heavy atom. The van der Waals surface area contributed by atoms with Crippen molar-refractivity contribution in [3.8, 4) is 11.3 Å². The van der Waals surface area contributed by atoms with Crippen LogP contribution in [-0.2, 0) is 4.74 Å². The molecule has 1 aliphatic rings. The molecule has 22 heavy (non-hydrogen) atoms. The van der Waals surface area contributed by atoms with E-state index in [0.29, 0.717) is 29.6 Å². The number of ether oxygens (including phenoxy) is 1. The van der Waals surface area contributed by atoms with Crippen LogP contribution in [0.4, 0.5) is 10.2 Å². The Morgan fingerprint density at radius 2 is 2.18 bits per heavy atom. The Kier molecular flexibility index (Phi) is 4.54. The average Bonchev–Trinajstić information content (AvgIpc) is 2.55. The minimum atomic E-state index is -0.372. The van der Waals surface area contributed by atoms with E-state index in [-0.39, 0.29) is 11.9 Å². The summed E-state index contributed by atoms with van der Waals surface area (Å²) >= 11 is 1.47. The molecule has 1 saturated heterocycles. The molecule has 3 heterocycles. The van der Waals surface area contributed by atoms with Crippen molar-refractivity contribution in [3.63, 3.8) is 0 Å². The number of halogens is 1. The molecule has 0 amide bonds. The molecule has 0 bridgehead atoms. The molecule has 0 aromatic carbocycles. The lowest BCUT2D eigenvalue weighted by Gasteiger charge is -2.34. The Balaban J connectivity index is 2.02. The molecular formula is C15H17FN4OS. The predicted octanol–water partition coefficient (Wildman–Crippen LogP) is 2.62. The molecule has 0 spiro atoms. The van der Waals surface area contributed by atoms with Crippen molar-refractivity contribution in [2.24, 2.45) is 0 Å². The molecule has 0 saturated carbocycles. The lowest BCUT2D eigenvalue weighted by Crippen LogP contribution is -2.44. The van der Waals surface area contributed by atoms with Crippen molar-refractivity contribution in [2.45, 2.75) is 18.1 Å². The van der Waals surface area contributed by atoms with E-state index in [1.54, 1.807) is 6.20 Å². The van der Waals surface area contributed by atoms with Gasteiger partial charge in [0.1, 0.15) is 11.6 Å². The van der Waals surface area contributed by atoms with Crippen molar-refractivity contribution >= 4 is 17.6 Å². The number of rotatable bonds is 3. The first-order valence-corrected chi connectivity index (χ1v) is 8.28. The lowest BCUT2D eigenvalue weighted by atomic mass is 10.2. The van der Waals surface area contributed by atoms with Crippen LogP contribution in [0.5, 0.6) is 0 Å². The fraction of sp³-hybridized carbons (Fsp3) is 0.400.